The summed E-state index contributed by atoms with van der Waals surface area (Å²) in [7, 11) is 0.934. The van der Waals surface area contributed by atoms with Gasteiger partial charge < -0.3 is 35.0 Å². The summed E-state index contributed by atoms with van der Waals surface area (Å²) < 4.78 is 12.6. The second kappa shape index (κ2) is 13.3. The van der Waals surface area contributed by atoms with E-state index in [1.807, 2.05) is 48.5 Å². The normalized spacial score (nSPS) is 27.4. The lowest BCUT2D eigenvalue weighted by Gasteiger charge is -2.39. The molecule has 0 aromatic heterocycles. The van der Waals surface area contributed by atoms with Crippen molar-refractivity contribution in [1.82, 2.24) is 10.2 Å². The topological polar surface area (TPSA) is 120 Å². The molecule has 2 fully saturated rings. The SMILES string of the molecule is COc1ccc([Si](C)(C)[C@@H]2[C@@H](CC(=O)N3Cc4ccccc4C[C@H]3CO)O[C@]3(C(=O)N(C)c4ccc(NC(=O)[C@H]5CCCN5)cc43)[C@H]2C)cc1. The maximum absolute atomic E-state index is 14.6. The Labute approximate surface area is 295 Å². The zero-order valence-electron chi connectivity index (χ0n) is 29.6. The van der Waals surface area contributed by atoms with Crippen LogP contribution >= 0.6 is 0 Å². The summed E-state index contributed by atoms with van der Waals surface area (Å²) in [5.41, 5.74) is 2.82. The molecule has 0 unspecified atom stereocenters. The van der Waals surface area contributed by atoms with Crippen LogP contribution in [0.4, 0.5) is 11.4 Å². The maximum atomic E-state index is 14.6. The molecule has 264 valence electrons. The molecular formula is C39H48N4O6Si. The maximum Gasteiger partial charge on any atom is 0.264 e. The fourth-order valence-corrected chi connectivity index (χ4v) is 13.2. The predicted octanol–water partition coefficient (Wildman–Crippen LogP) is 3.91. The standard InChI is InChI=1S/C39H48N4O6Si/c1-24-36(50(4,5)30-15-13-29(48-3)14-16-30)34(21-35(45)43-22-26-10-7-6-9-25(26)19-28(43)23-44)49-39(24)31-20-27(12-17-33(31)42(2)38(39)47)41-37(46)32-11-8-18-40-32/h6-7,9-10,12-17,20,24,28,32,34,36,40,44H,8,11,18-19,21-23H2,1-5H3,(H,41,46)/t24-,28-,32+,34+,36-,39+/m0/s1. The fourth-order valence-electron chi connectivity index (χ4n) is 9.17. The van der Waals surface area contributed by atoms with Crippen LogP contribution < -0.4 is 25.5 Å². The minimum atomic E-state index is -2.48. The van der Waals surface area contributed by atoms with Gasteiger partial charge in [0.2, 0.25) is 11.8 Å². The molecule has 0 saturated carbocycles. The van der Waals surface area contributed by atoms with Crippen molar-refractivity contribution in [2.75, 3.05) is 37.5 Å². The van der Waals surface area contributed by atoms with Gasteiger partial charge in [-0.05, 0) is 72.8 Å². The van der Waals surface area contributed by atoms with Gasteiger partial charge in [0, 0.05) is 30.8 Å². The van der Waals surface area contributed by atoms with Gasteiger partial charge >= 0.3 is 0 Å². The van der Waals surface area contributed by atoms with E-state index in [0.717, 1.165) is 42.0 Å². The fraction of sp³-hybridized carbons (Fsp3) is 0.462. The highest BCUT2D eigenvalue weighted by atomic mass is 28.3. The summed E-state index contributed by atoms with van der Waals surface area (Å²) in [4.78, 5) is 45.5. The lowest BCUT2D eigenvalue weighted by molar-refractivity contribution is -0.150. The summed E-state index contributed by atoms with van der Waals surface area (Å²) in [5.74, 6) is 0.118. The molecule has 0 aliphatic carbocycles. The number of ether oxygens (including phenoxy) is 2. The average Bonchev–Trinajstić information content (AvgIpc) is 3.82. The van der Waals surface area contributed by atoms with E-state index in [-0.39, 0.29) is 54.3 Å². The molecule has 3 N–H and O–H groups in total. The van der Waals surface area contributed by atoms with E-state index in [4.69, 9.17) is 9.47 Å². The quantitative estimate of drug-likeness (QED) is 0.306. The molecule has 11 heteroatoms. The number of hydrogen-bond donors (Lipinski definition) is 3. The number of aliphatic hydroxyl groups is 1. The Morgan fingerprint density at radius 1 is 1.10 bits per heavy atom. The number of amides is 3. The Hall–Kier alpha value is -4.03. The number of carbonyl (C=O) groups excluding carboxylic acids is 3. The summed E-state index contributed by atoms with van der Waals surface area (Å²) >= 11 is 0. The number of anilines is 2. The molecule has 1 spiro atoms. The zero-order chi connectivity index (χ0) is 35.4. The van der Waals surface area contributed by atoms with E-state index in [0.29, 0.717) is 24.2 Å². The average molecular weight is 697 g/mol. The first-order chi connectivity index (χ1) is 24.0. The lowest BCUT2D eigenvalue weighted by Crippen LogP contribution is -2.52. The highest BCUT2D eigenvalue weighted by Gasteiger charge is 2.66. The Morgan fingerprint density at radius 3 is 2.52 bits per heavy atom. The van der Waals surface area contributed by atoms with Crippen molar-refractivity contribution in [2.24, 2.45) is 5.92 Å². The molecule has 0 bridgehead atoms. The van der Waals surface area contributed by atoms with Crippen LogP contribution in [0.2, 0.25) is 18.6 Å². The molecule has 0 radical (unpaired) electrons. The highest BCUT2D eigenvalue weighted by Crippen LogP contribution is 2.60. The third kappa shape index (κ3) is 5.64. The number of rotatable bonds is 8. The van der Waals surface area contributed by atoms with E-state index in [1.54, 1.807) is 24.0 Å². The predicted molar refractivity (Wildman–Crippen MR) is 195 cm³/mol. The van der Waals surface area contributed by atoms with E-state index >= 15 is 0 Å². The van der Waals surface area contributed by atoms with E-state index in [1.165, 1.54) is 5.19 Å². The first-order valence-electron chi connectivity index (χ1n) is 17.8. The Kier molecular flexibility index (Phi) is 9.13. The molecule has 3 aromatic carbocycles. The minimum Gasteiger partial charge on any atom is -0.497 e. The summed E-state index contributed by atoms with van der Waals surface area (Å²) in [5, 5.41) is 17.9. The van der Waals surface area contributed by atoms with Crippen molar-refractivity contribution < 1.29 is 29.0 Å². The summed E-state index contributed by atoms with van der Waals surface area (Å²) in [6.07, 6.45) is 1.83. The van der Waals surface area contributed by atoms with Gasteiger partial charge in [-0.25, -0.2) is 0 Å². The second-order valence-electron chi connectivity index (χ2n) is 14.9. The van der Waals surface area contributed by atoms with Crippen molar-refractivity contribution in [1.29, 1.82) is 0 Å². The Bertz CT molecular complexity index is 1790. The molecule has 2 saturated heterocycles. The number of benzene rings is 3. The van der Waals surface area contributed by atoms with Crippen molar-refractivity contribution in [3.05, 3.63) is 83.4 Å². The van der Waals surface area contributed by atoms with Gasteiger partial charge in [0.15, 0.2) is 5.60 Å². The Balaban J connectivity index is 1.27. The monoisotopic (exact) mass is 696 g/mol. The first-order valence-corrected chi connectivity index (χ1v) is 20.8. The molecule has 3 aromatic rings. The molecule has 10 nitrogen and oxygen atoms in total. The number of nitrogens with one attached hydrogen (secondary N) is 2. The molecular weight excluding hydrogens is 649 g/mol. The molecule has 4 aliphatic rings. The zero-order valence-corrected chi connectivity index (χ0v) is 30.6. The van der Waals surface area contributed by atoms with Crippen LogP contribution in [-0.4, -0.2) is 81.3 Å². The van der Waals surface area contributed by atoms with Crippen molar-refractivity contribution in [3.63, 3.8) is 0 Å². The smallest absolute Gasteiger partial charge is 0.264 e. The van der Waals surface area contributed by atoms with Crippen molar-refractivity contribution >= 4 is 42.4 Å². The van der Waals surface area contributed by atoms with Crippen LogP contribution in [0.25, 0.3) is 0 Å². The second-order valence-corrected chi connectivity index (χ2v) is 19.6. The number of aliphatic hydroxyl groups excluding tert-OH is 1. The summed E-state index contributed by atoms with van der Waals surface area (Å²) in [6, 6.07) is 21.2. The van der Waals surface area contributed by atoms with Crippen LogP contribution in [0.15, 0.2) is 66.7 Å². The summed E-state index contributed by atoms with van der Waals surface area (Å²) in [6.45, 7) is 7.77. The van der Waals surface area contributed by atoms with Gasteiger partial charge in [-0.3, -0.25) is 14.4 Å². The molecule has 4 heterocycles. The largest absolute Gasteiger partial charge is 0.497 e. The van der Waals surface area contributed by atoms with Gasteiger partial charge in [-0.1, -0.05) is 61.6 Å². The number of methoxy groups -OCH3 is 1. The van der Waals surface area contributed by atoms with Gasteiger partial charge in [0.25, 0.3) is 5.91 Å². The van der Waals surface area contributed by atoms with Gasteiger partial charge in [-0.15, -0.1) is 0 Å². The van der Waals surface area contributed by atoms with E-state index < -0.39 is 19.8 Å². The number of carbonyl (C=O) groups is 3. The number of fused-ring (bicyclic) bond motifs is 3. The van der Waals surface area contributed by atoms with Crippen LogP contribution in [0.1, 0.15) is 42.9 Å². The van der Waals surface area contributed by atoms with E-state index in [2.05, 4.69) is 48.9 Å². The minimum absolute atomic E-state index is 0.0815. The molecule has 6 atom stereocenters. The van der Waals surface area contributed by atoms with Crippen LogP contribution in [-0.2, 0) is 37.7 Å². The third-order valence-corrected chi connectivity index (χ3v) is 16.2. The van der Waals surface area contributed by atoms with E-state index in [9.17, 15) is 19.5 Å². The van der Waals surface area contributed by atoms with Gasteiger partial charge in [-0.2, -0.15) is 0 Å². The van der Waals surface area contributed by atoms with Crippen molar-refractivity contribution in [2.45, 2.75) is 81.6 Å². The highest BCUT2D eigenvalue weighted by molar-refractivity contribution is 6.91. The number of likely N-dealkylation sites (N-methyl/N-ethyl adjacent to an activating group) is 1. The van der Waals surface area contributed by atoms with Crippen molar-refractivity contribution in [3.8, 4) is 5.75 Å². The number of nitrogens with zero attached hydrogens (tertiary/aromatic N) is 2. The molecule has 3 amide bonds. The lowest BCUT2D eigenvalue weighted by atomic mass is 9.82. The van der Waals surface area contributed by atoms with Crippen LogP contribution in [0.3, 0.4) is 0 Å². The van der Waals surface area contributed by atoms with Gasteiger partial charge in [0.1, 0.15) is 5.75 Å². The van der Waals surface area contributed by atoms with Crippen LogP contribution in [0.5, 0.6) is 5.75 Å². The number of hydrogen-bond acceptors (Lipinski definition) is 7. The molecule has 7 rings (SSSR count). The first kappa shape index (κ1) is 34.4. The Morgan fingerprint density at radius 2 is 1.84 bits per heavy atom. The van der Waals surface area contributed by atoms with Crippen LogP contribution in [0, 0.1) is 5.92 Å². The third-order valence-electron chi connectivity index (χ3n) is 11.9. The molecule has 4 aliphatic heterocycles. The molecule has 50 heavy (non-hydrogen) atoms. The van der Waals surface area contributed by atoms with Gasteiger partial charge in [0.05, 0.1) is 52.1 Å².